The maximum atomic E-state index is 10.4. The molecule has 0 aliphatic rings. The van der Waals surface area contributed by atoms with Crippen molar-refractivity contribution in [2.24, 2.45) is 5.92 Å². The Labute approximate surface area is 56.8 Å². The smallest absolute Gasteiger partial charge is 0.0651 e. The molecule has 0 spiro atoms. The summed E-state index contributed by atoms with van der Waals surface area (Å²) >= 11 is 0. The predicted octanol–water partition coefficient (Wildman–Crippen LogP) is 1.83. The van der Waals surface area contributed by atoms with Gasteiger partial charge in [-0.3, -0.25) is 0 Å². The molecule has 0 aromatic rings. The predicted molar refractivity (Wildman–Crippen MR) is 38.5 cm³/mol. The van der Waals surface area contributed by atoms with E-state index in [1.165, 1.54) is 6.42 Å². The molecule has 0 saturated heterocycles. The molecule has 9 heavy (non-hydrogen) atoms. The molecule has 0 amide bonds. The lowest BCUT2D eigenvalue weighted by Gasteiger charge is -2.01. The highest BCUT2D eigenvalue weighted by Crippen LogP contribution is 2.04. The molecule has 0 heterocycles. The first-order valence-corrected chi connectivity index (χ1v) is 3.55. The average Bonchev–Trinajstić information content (AvgIpc) is 1.83. The minimum absolute atomic E-state index is 0.676. The van der Waals surface area contributed by atoms with Crippen LogP contribution in [0.5, 0.6) is 0 Å². The van der Waals surface area contributed by atoms with Crippen molar-refractivity contribution in [3.05, 3.63) is 4.91 Å². The number of nitroso groups, excluding NO2 is 1. The van der Waals surface area contributed by atoms with Crippen molar-refractivity contribution >= 4 is 0 Å². The van der Waals surface area contributed by atoms with Gasteiger partial charge in [0, 0.05) is 11.3 Å². The van der Waals surface area contributed by atoms with Gasteiger partial charge < -0.3 is 0 Å². The summed E-state index contributed by atoms with van der Waals surface area (Å²) in [5, 5.41) is 0. The summed E-state index contributed by atoms with van der Waals surface area (Å²) in [6, 6.07) is 0. The Bertz CT molecular complexity index is 90.9. The largest absolute Gasteiger partial charge is 0.191 e. The van der Waals surface area contributed by atoms with Crippen LogP contribution in [0.1, 0.15) is 26.7 Å². The number of hydrogen-bond donors (Lipinski definition) is 0. The van der Waals surface area contributed by atoms with Crippen molar-refractivity contribution in [2.75, 3.05) is 13.6 Å². The van der Waals surface area contributed by atoms with Crippen LogP contribution < -0.4 is 0 Å². The Morgan fingerprint density at radius 1 is 1.56 bits per heavy atom. The van der Waals surface area contributed by atoms with Gasteiger partial charge in [-0.1, -0.05) is 20.3 Å². The molecule has 0 aromatic heterocycles. The molecule has 0 bridgehead atoms. The first-order valence-electron chi connectivity index (χ1n) is 3.55. The number of rotatable bonds is 4. The summed E-state index contributed by atoms with van der Waals surface area (Å²) in [4.78, 5) is 10.4. The fourth-order valence-electron chi connectivity index (χ4n) is 0.606. The maximum Gasteiger partial charge on any atom is 0.191 e. The zero-order valence-corrected chi connectivity index (χ0v) is 6.55. The highest BCUT2D eigenvalue weighted by atomic mass is 16.3. The first-order chi connectivity index (χ1) is 4.16. The average molecular weight is 130 g/mol. The molecule has 0 saturated carbocycles. The van der Waals surface area contributed by atoms with Gasteiger partial charge in [-0.05, 0) is 10.7 Å². The maximum absolute atomic E-state index is 10.4. The molecule has 0 N–H and O–H groups in total. The second kappa shape index (κ2) is 4.48. The van der Waals surface area contributed by atoms with Gasteiger partial charge in [-0.2, -0.15) is 0 Å². The Morgan fingerprint density at radius 3 is 2.44 bits per heavy atom. The van der Waals surface area contributed by atoms with Crippen LogP contribution in [0.2, 0.25) is 0 Å². The van der Waals surface area contributed by atoms with Gasteiger partial charge >= 0.3 is 0 Å². The minimum atomic E-state index is 0.676. The molecule has 2 heteroatoms. The van der Waals surface area contributed by atoms with Crippen LogP contribution in [-0.2, 0) is 0 Å². The highest BCUT2D eigenvalue weighted by molar-refractivity contribution is 4.46. The van der Waals surface area contributed by atoms with E-state index in [0.29, 0.717) is 12.5 Å². The molecule has 54 valence electrons. The van der Waals surface area contributed by atoms with E-state index >= 15 is 0 Å². The topological polar surface area (TPSA) is 20.1 Å². The van der Waals surface area contributed by atoms with Gasteiger partial charge in [0.2, 0.25) is 0 Å². The summed E-state index contributed by atoms with van der Waals surface area (Å²) in [7, 11) is 1.57. The SMILES string of the molecule is CCC(C)CC[N+](C)=O. The number of nitrogens with zero attached hydrogens (tertiary/aromatic N) is 1. The summed E-state index contributed by atoms with van der Waals surface area (Å²) in [5.41, 5.74) is 0. The van der Waals surface area contributed by atoms with Crippen LogP contribution in [-0.4, -0.2) is 18.4 Å². The molecule has 2 nitrogen and oxygen atoms in total. The van der Waals surface area contributed by atoms with Gasteiger partial charge in [0.15, 0.2) is 13.6 Å². The Hall–Kier alpha value is -0.400. The molecular weight excluding hydrogens is 114 g/mol. The Morgan fingerprint density at radius 2 is 2.11 bits per heavy atom. The molecule has 0 radical (unpaired) electrons. The van der Waals surface area contributed by atoms with E-state index in [0.717, 1.165) is 11.2 Å². The van der Waals surface area contributed by atoms with Crippen molar-refractivity contribution in [3.8, 4) is 0 Å². The fraction of sp³-hybridized carbons (Fsp3) is 1.00. The molecule has 0 aromatic carbocycles. The monoisotopic (exact) mass is 130 g/mol. The van der Waals surface area contributed by atoms with E-state index in [4.69, 9.17) is 0 Å². The van der Waals surface area contributed by atoms with E-state index < -0.39 is 0 Å². The second-order valence-electron chi connectivity index (χ2n) is 2.65. The molecule has 0 fully saturated rings. The second-order valence-corrected chi connectivity index (χ2v) is 2.65. The van der Waals surface area contributed by atoms with Crippen molar-refractivity contribution in [2.45, 2.75) is 26.7 Å². The van der Waals surface area contributed by atoms with Crippen LogP contribution in [0.15, 0.2) is 0 Å². The van der Waals surface area contributed by atoms with Crippen LogP contribution in [0.4, 0.5) is 0 Å². The lowest BCUT2D eigenvalue weighted by molar-refractivity contribution is -0.520. The van der Waals surface area contributed by atoms with Crippen LogP contribution in [0.3, 0.4) is 0 Å². The van der Waals surface area contributed by atoms with E-state index in [9.17, 15) is 4.91 Å². The van der Waals surface area contributed by atoms with E-state index in [2.05, 4.69) is 13.8 Å². The third kappa shape index (κ3) is 5.47. The zero-order valence-electron chi connectivity index (χ0n) is 6.55. The van der Waals surface area contributed by atoms with Crippen molar-refractivity contribution in [1.82, 2.24) is 0 Å². The fourth-order valence-corrected chi connectivity index (χ4v) is 0.606. The molecular formula is C7H16NO+. The summed E-state index contributed by atoms with van der Waals surface area (Å²) in [5.74, 6) is 0.696. The van der Waals surface area contributed by atoms with Gasteiger partial charge in [-0.25, -0.2) is 0 Å². The molecule has 0 aliphatic carbocycles. The first kappa shape index (κ1) is 8.60. The summed E-state index contributed by atoms with van der Waals surface area (Å²) in [6.45, 7) is 4.99. The third-order valence-corrected chi connectivity index (χ3v) is 1.63. The standard InChI is InChI=1S/C7H16NO/c1-4-7(2)5-6-8(3)9/h7H,4-6H2,1-3H3/q+1. The molecule has 0 rings (SSSR count). The van der Waals surface area contributed by atoms with Gasteiger partial charge in [0.05, 0.1) is 0 Å². The van der Waals surface area contributed by atoms with Crippen molar-refractivity contribution in [1.29, 1.82) is 0 Å². The molecule has 1 atom stereocenters. The van der Waals surface area contributed by atoms with Crippen molar-refractivity contribution < 1.29 is 4.76 Å². The lowest BCUT2D eigenvalue weighted by Crippen LogP contribution is -2.06. The van der Waals surface area contributed by atoms with Gasteiger partial charge in [0.1, 0.15) is 0 Å². The van der Waals surface area contributed by atoms with E-state index in [1.807, 2.05) is 0 Å². The summed E-state index contributed by atoms with van der Waals surface area (Å²) in [6.07, 6.45) is 2.20. The van der Waals surface area contributed by atoms with Gasteiger partial charge in [-0.15, -0.1) is 0 Å². The van der Waals surface area contributed by atoms with Crippen molar-refractivity contribution in [3.63, 3.8) is 0 Å². The van der Waals surface area contributed by atoms with Crippen LogP contribution in [0.25, 0.3) is 0 Å². The normalized spacial score (nSPS) is 13.2. The summed E-state index contributed by atoms with van der Waals surface area (Å²) < 4.78 is 0.992. The van der Waals surface area contributed by atoms with E-state index in [1.54, 1.807) is 7.05 Å². The zero-order chi connectivity index (χ0) is 7.28. The minimum Gasteiger partial charge on any atom is -0.0651 e. The molecule has 1 unspecified atom stereocenters. The Kier molecular flexibility index (Phi) is 4.28. The van der Waals surface area contributed by atoms with E-state index in [-0.39, 0.29) is 0 Å². The highest BCUT2D eigenvalue weighted by Gasteiger charge is 2.03. The molecule has 0 aliphatic heterocycles. The third-order valence-electron chi connectivity index (χ3n) is 1.63. The Balaban J connectivity index is 3.16. The van der Waals surface area contributed by atoms with Crippen LogP contribution in [0, 0.1) is 10.8 Å². The van der Waals surface area contributed by atoms with Gasteiger partial charge in [0.25, 0.3) is 0 Å². The van der Waals surface area contributed by atoms with Crippen LogP contribution >= 0.6 is 0 Å². The lowest BCUT2D eigenvalue weighted by atomic mass is 10.1. The number of hydrogen-bond acceptors (Lipinski definition) is 1. The quantitative estimate of drug-likeness (QED) is 0.531.